The first-order valence-corrected chi connectivity index (χ1v) is 24.4. The fourth-order valence-corrected chi connectivity index (χ4v) is 11.0. The summed E-state index contributed by atoms with van der Waals surface area (Å²) in [5, 5.41) is 5.46. The number of methoxy groups -OCH3 is 1. The molecule has 4 amide bonds. The highest BCUT2D eigenvalue weighted by atomic mass is 32.2. The van der Waals surface area contributed by atoms with Gasteiger partial charge in [-0.3, -0.25) is 23.9 Å². The van der Waals surface area contributed by atoms with Crippen molar-refractivity contribution in [2.45, 2.75) is 140 Å². The molecule has 0 unspecified atom stereocenters. The summed E-state index contributed by atoms with van der Waals surface area (Å²) >= 11 is 1.45. The SMILES string of the molecule is COc1ccc2c(O[C@@H]3C[C@H]4C(=O)N[C@@](C)(C(=O)NS(=O)(=O)C5CC5)C/C=C\CCCCC[C@H](CC(=O)N5CCCC(F)(F)C5)C(=O)N4C3)cc(-c3nc(C(C)C)cs3)nc2c1C. The van der Waals surface area contributed by atoms with E-state index in [4.69, 9.17) is 19.4 Å². The van der Waals surface area contributed by atoms with Gasteiger partial charge < -0.3 is 24.6 Å². The number of likely N-dealkylation sites (tertiary alicyclic amines) is 1. The van der Waals surface area contributed by atoms with Crippen molar-refractivity contribution in [3.63, 3.8) is 0 Å². The number of carbonyl (C=O) groups is 4. The van der Waals surface area contributed by atoms with Crippen LogP contribution in [0.5, 0.6) is 11.5 Å². The van der Waals surface area contributed by atoms with E-state index in [0.29, 0.717) is 71.6 Å². The number of benzene rings is 1. The number of sulfonamides is 1. The number of carbonyl (C=O) groups excluding carboxylic acids is 4. The Labute approximate surface area is 371 Å². The third-order valence-corrected chi connectivity index (χ3v) is 15.3. The number of alkyl halides is 2. The summed E-state index contributed by atoms with van der Waals surface area (Å²) in [5.74, 6) is -5.36. The van der Waals surface area contributed by atoms with Gasteiger partial charge in [0.15, 0.2) is 0 Å². The monoisotopic (exact) mass is 912 g/mol. The van der Waals surface area contributed by atoms with Crippen LogP contribution in [0.15, 0.2) is 35.7 Å². The Morgan fingerprint density at radius 2 is 1.84 bits per heavy atom. The number of aryl methyl sites for hydroxylation is 1. The van der Waals surface area contributed by atoms with Crippen molar-refractivity contribution in [1.82, 2.24) is 29.8 Å². The van der Waals surface area contributed by atoms with Crippen LogP contribution in [0.2, 0.25) is 0 Å². The molecule has 0 spiro atoms. The molecule has 4 atom stereocenters. The Kier molecular flexibility index (Phi) is 13.8. The molecule has 63 heavy (non-hydrogen) atoms. The largest absolute Gasteiger partial charge is 0.496 e. The quantitative estimate of drug-likeness (QED) is 0.206. The number of piperidine rings is 1. The molecule has 3 fully saturated rings. The van der Waals surface area contributed by atoms with E-state index < -0.39 is 75.0 Å². The summed E-state index contributed by atoms with van der Waals surface area (Å²) < 4.78 is 69.5. The van der Waals surface area contributed by atoms with E-state index in [2.05, 4.69) is 23.9 Å². The van der Waals surface area contributed by atoms with E-state index in [0.717, 1.165) is 22.6 Å². The van der Waals surface area contributed by atoms with Crippen molar-refractivity contribution in [3.05, 3.63) is 47.0 Å². The molecule has 5 heterocycles. The Bertz CT molecular complexity index is 2370. The lowest BCUT2D eigenvalue weighted by molar-refractivity contribution is -0.149. The number of ether oxygens (including phenoxy) is 2. The molecule has 3 aliphatic heterocycles. The number of halogens is 2. The first-order valence-electron chi connectivity index (χ1n) is 22.0. The van der Waals surface area contributed by atoms with Crippen LogP contribution < -0.4 is 19.5 Å². The molecule has 0 bridgehead atoms. The summed E-state index contributed by atoms with van der Waals surface area (Å²) in [7, 11) is -2.40. The van der Waals surface area contributed by atoms with Gasteiger partial charge in [0.05, 0.1) is 36.7 Å². The zero-order chi connectivity index (χ0) is 45.3. The van der Waals surface area contributed by atoms with Crippen LogP contribution >= 0.6 is 11.3 Å². The Morgan fingerprint density at radius 1 is 1.06 bits per heavy atom. The summed E-state index contributed by atoms with van der Waals surface area (Å²) in [4.78, 5) is 69.5. The number of fused-ring (bicyclic) bond motifs is 2. The molecule has 4 aliphatic rings. The lowest BCUT2D eigenvalue weighted by atomic mass is 9.94. The predicted octanol–water partition coefficient (Wildman–Crippen LogP) is 6.80. The Balaban J connectivity index is 1.25. The third-order valence-electron chi connectivity index (χ3n) is 12.6. The molecule has 14 nitrogen and oxygen atoms in total. The molecule has 2 N–H and O–H groups in total. The molecule has 3 aromatic rings. The topological polar surface area (TPSA) is 177 Å². The number of hydrogen-bond donors (Lipinski definition) is 2. The van der Waals surface area contributed by atoms with Gasteiger partial charge in [-0.15, -0.1) is 11.3 Å². The second-order valence-corrected chi connectivity index (χ2v) is 20.8. The minimum Gasteiger partial charge on any atom is -0.496 e. The fraction of sp³-hybridized carbons (Fsp3) is 0.600. The lowest BCUT2D eigenvalue weighted by Gasteiger charge is -2.35. The number of hydrogen-bond acceptors (Lipinski definition) is 11. The molecule has 0 radical (unpaired) electrons. The molecular weight excluding hydrogens is 855 g/mol. The van der Waals surface area contributed by atoms with Crippen LogP contribution in [0, 0.1) is 12.8 Å². The molecule has 1 aliphatic carbocycles. The van der Waals surface area contributed by atoms with Gasteiger partial charge in [0, 0.05) is 54.1 Å². The van der Waals surface area contributed by atoms with E-state index in [-0.39, 0.29) is 51.1 Å². The number of allylic oxidation sites excluding steroid dienone is 1. The molecule has 1 aromatic carbocycles. The highest BCUT2D eigenvalue weighted by Crippen LogP contribution is 2.39. The maximum absolute atomic E-state index is 14.9. The molecule has 342 valence electrons. The molecule has 2 aromatic heterocycles. The molecule has 7 rings (SSSR count). The van der Waals surface area contributed by atoms with Crippen molar-refractivity contribution in [2.24, 2.45) is 5.92 Å². The fourth-order valence-electron chi connectivity index (χ4n) is 8.62. The maximum atomic E-state index is 14.9. The highest BCUT2D eigenvalue weighted by molar-refractivity contribution is 7.91. The third kappa shape index (κ3) is 10.6. The number of rotatable bonds is 10. The summed E-state index contributed by atoms with van der Waals surface area (Å²) in [6.07, 6.45) is 6.10. The maximum Gasteiger partial charge on any atom is 0.265 e. The average Bonchev–Trinajstić information content (AvgIpc) is 3.84. The van der Waals surface area contributed by atoms with Crippen LogP contribution in [0.1, 0.15) is 115 Å². The van der Waals surface area contributed by atoms with E-state index in [9.17, 15) is 36.4 Å². The summed E-state index contributed by atoms with van der Waals surface area (Å²) in [6.45, 7) is 6.83. The molecular formula is C45H58F2N6O8S2. The number of amides is 4. The van der Waals surface area contributed by atoms with Crippen LogP contribution in [0.25, 0.3) is 21.6 Å². The van der Waals surface area contributed by atoms with Crippen LogP contribution in [-0.2, 0) is 29.2 Å². The van der Waals surface area contributed by atoms with Gasteiger partial charge in [-0.05, 0) is 76.8 Å². The Hall–Kier alpha value is -4.71. The first kappa shape index (κ1) is 46.3. The second kappa shape index (κ2) is 18.8. The number of pyridine rings is 1. The van der Waals surface area contributed by atoms with Gasteiger partial charge in [-0.25, -0.2) is 27.2 Å². The zero-order valence-electron chi connectivity index (χ0n) is 36.6. The minimum atomic E-state index is -3.97. The van der Waals surface area contributed by atoms with Gasteiger partial charge >= 0.3 is 0 Å². The normalized spacial score (nSPS) is 25.5. The van der Waals surface area contributed by atoms with Crippen LogP contribution in [0.4, 0.5) is 8.78 Å². The number of nitrogens with zero attached hydrogens (tertiary/aromatic N) is 4. The average molecular weight is 913 g/mol. The molecule has 18 heteroatoms. The predicted molar refractivity (Wildman–Crippen MR) is 235 cm³/mol. The standard InChI is InChI=1S/C45H58F2N6O8S2/c1-27(2)34-25-62-41(49-34)33-23-37(32-16-17-36(60-5)28(3)39(32)48-33)61-30-22-35-40(55)50-44(4,43(57)51-63(58,59)31-14-15-31)18-11-9-7-6-8-10-13-29(42(56)53(35)24-30)21-38(54)52-20-12-19-45(46,47)26-52/h9,11,16-17,23,25,27,29-31,35H,6-8,10,12-15,18-22,24,26H2,1-5H3,(H,50,55)(H,51,57)/b11-9-/t29-,30-,35+,44-/m1/s1. The highest BCUT2D eigenvalue weighted by Gasteiger charge is 2.48. The summed E-state index contributed by atoms with van der Waals surface area (Å²) in [5.41, 5.74) is 1.13. The minimum absolute atomic E-state index is 0.0203. The number of aromatic nitrogens is 2. The number of thiazole rings is 1. The molecule has 2 saturated heterocycles. The van der Waals surface area contributed by atoms with Gasteiger partial charge in [0.25, 0.3) is 11.8 Å². The van der Waals surface area contributed by atoms with Crippen LogP contribution in [-0.4, -0.2) is 107 Å². The van der Waals surface area contributed by atoms with E-state index >= 15 is 0 Å². The van der Waals surface area contributed by atoms with E-state index in [1.807, 2.05) is 30.5 Å². The van der Waals surface area contributed by atoms with Crippen molar-refractivity contribution in [2.75, 3.05) is 26.7 Å². The van der Waals surface area contributed by atoms with Gasteiger partial charge in [0.2, 0.25) is 27.7 Å². The smallest absolute Gasteiger partial charge is 0.265 e. The zero-order valence-corrected chi connectivity index (χ0v) is 38.2. The lowest BCUT2D eigenvalue weighted by Crippen LogP contribution is -2.61. The summed E-state index contributed by atoms with van der Waals surface area (Å²) in [6, 6.07) is 4.23. The van der Waals surface area contributed by atoms with Gasteiger partial charge in [0.1, 0.15) is 39.9 Å². The van der Waals surface area contributed by atoms with Crippen molar-refractivity contribution >= 4 is 55.9 Å². The number of nitrogens with one attached hydrogen (secondary N) is 2. The first-order chi connectivity index (χ1) is 29.9. The van der Waals surface area contributed by atoms with Crippen molar-refractivity contribution in [3.8, 4) is 22.2 Å². The van der Waals surface area contributed by atoms with Crippen LogP contribution in [0.3, 0.4) is 0 Å². The van der Waals surface area contributed by atoms with Gasteiger partial charge in [-0.2, -0.15) is 0 Å². The van der Waals surface area contributed by atoms with Crippen molar-refractivity contribution < 1.29 is 45.9 Å². The Morgan fingerprint density at radius 3 is 2.54 bits per heavy atom. The molecule has 1 saturated carbocycles. The second-order valence-electron chi connectivity index (χ2n) is 18.0. The van der Waals surface area contributed by atoms with E-state index in [1.54, 1.807) is 19.3 Å². The van der Waals surface area contributed by atoms with Gasteiger partial charge in [-0.1, -0.05) is 38.8 Å². The van der Waals surface area contributed by atoms with E-state index in [1.165, 1.54) is 23.2 Å². The van der Waals surface area contributed by atoms with Crippen molar-refractivity contribution in [1.29, 1.82) is 0 Å².